The second kappa shape index (κ2) is 6.85. The Bertz CT molecular complexity index is 625. The van der Waals surface area contributed by atoms with Crippen LogP contribution in [-0.4, -0.2) is 46.6 Å². The van der Waals surface area contributed by atoms with E-state index >= 15 is 0 Å². The summed E-state index contributed by atoms with van der Waals surface area (Å²) in [5, 5.41) is 2.90. The molecule has 7 heteroatoms. The highest BCUT2D eigenvalue weighted by atomic mass is 16.6. The van der Waals surface area contributed by atoms with Gasteiger partial charge in [0.2, 0.25) is 5.56 Å². The number of piperidine rings is 1. The fourth-order valence-corrected chi connectivity index (χ4v) is 2.39. The molecule has 1 saturated heterocycles. The van der Waals surface area contributed by atoms with E-state index in [1.54, 1.807) is 11.0 Å². The molecule has 0 saturated carbocycles. The summed E-state index contributed by atoms with van der Waals surface area (Å²) < 4.78 is 5.34. The number of amides is 2. The van der Waals surface area contributed by atoms with Gasteiger partial charge in [0, 0.05) is 37.0 Å². The number of aromatic nitrogens is 1. The van der Waals surface area contributed by atoms with E-state index in [1.807, 2.05) is 20.8 Å². The van der Waals surface area contributed by atoms with Gasteiger partial charge in [-0.2, -0.15) is 0 Å². The molecule has 1 aliphatic heterocycles. The van der Waals surface area contributed by atoms with Gasteiger partial charge in [-0.15, -0.1) is 0 Å². The molecule has 0 spiro atoms. The Hall–Kier alpha value is -2.31. The molecule has 0 radical (unpaired) electrons. The smallest absolute Gasteiger partial charge is 0.410 e. The molecular formula is C16H23N3O4. The average molecular weight is 321 g/mol. The SMILES string of the molecule is CC(C)(C)OC(=O)N1CCC(NC(=O)c2cc[nH]c(=O)c2)CC1. The van der Waals surface area contributed by atoms with Crippen molar-refractivity contribution >= 4 is 12.0 Å². The van der Waals surface area contributed by atoms with Gasteiger partial charge in [-0.25, -0.2) is 4.79 Å². The van der Waals surface area contributed by atoms with E-state index in [0.717, 1.165) is 0 Å². The Kier molecular flexibility index (Phi) is 5.08. The van der Waals surface area contributed by atoms with E-state index < -0.39 is 5.60 Å². The minimum absolute atomic E-state index is 0.0134. The maximum absolute atomic E-state index is 12.1. The van der Waals surface area contributed by atoms with E-state index in [4.69, 9.17) is 4.74 Å². The lowest BCUT2D eigenvalue weighted by molar-refractivity contribution is 0.0199. The highest BCUT2D eigenvalue weighted by molar-refractivity contribution is 5.94. The van der Waals surface area contributed by atoms with Crippen LogP contribution in [0.3, 0.4) is 0 Å². The van der Waals surface area contributed by atoms with Gasteiger partial charge in [0.25, 0.3) is 5.91 Å². The summed E-state index contributed by atoms with van der Waals surface area (Å²) in [7, 11) is 0. The molecule has 0 aliphatic carbocycles. The summed E-state index contributed by atoms with van der Waals surface area (Å²) >= 11 is 0. The highest BCUT2D eigenvalue weighted by Crippen LogP contribution is 2.15. The van der Waals surface area contributed by atoms with Crippen molar-refractivity contribution in [2.45, 2.75) is 45.3 Å². The van der Waals surface area contributed by atoms with Gasteiger partial charge in [0.05, 0.1) is 0 Å². The first-order chi connectivity index (χ1) is 10.7. The third-order valence-electron chi connectivity index (χ3n) is 3.52. The number of hydrogen-bond acceptors (Lipinski definition) is 4. The van der Waals surface area contributed by atoms with Gasteiger partial charge in [-0.1, -0.05) is 0 Å². The molecule has 23 heavy (non-hydrogen) atoms. The number of carbonyl (C=O) groups excluding carboxylic acids is 2. The standard InChI is InChI=1S/C16H23N3O4/c1-16(2,3)23-15(22)19-8-5-12(6-9-19)18-14(21)11-4-7-17-13(20)10-11/h4,7,10,12H,5-6,8-9H2,1-3H3,(H,17,20)(H,18,21). The third-order valence-corrected chi connectivity index (χ3v) is 3.52. The molecule has 1 aliphatic rings. The zero-order chi connectivity index (χ0) is 17.0. The van der Waals surface area contributed by atoms with E-state index in [1.165, 1.54) is 12.3 Å². The number of hydrogen-bond donors (Lipinski definition) is 2. The second-order valence-corrected chi connectivity index (χ2v) is 6.66. The fourth-order valence-electron chi connectivity index (χ4n) is 2.39. The Morgan fingerprint density at radius 1 is 1.30 bits per heavy atom. The summed E-state index contributed by atoms with van der Waals surface area (Å²) in [5.41, 5.74) is -0.483. The van der Waals surface area contributed by atoms with Crippen LogP contribution in [0, 0.1) is 0 Å². The van der Waals surface area contributed by atoms with Crippen LogP contribution in [0.25, 0.3) is 0 Å². The number of ether oxygens (including phenoxy) is 1. The van der Waals surface area contributed by atoms with Crippen molar-refractivity contribution < 1.29 is 14.3 Å². The first kappa shape index (κ1) is 17.1. The van der Waals surface area contributed by atoms with Crippen LogP contribution >= 0.6 is 0 Å². The molecule has 7 nitrogen and oxygen atoms in total. The van der Waals surface area contributed by atoms with Crippen LogP contribution in [0.15, 0.2) is 23.1 Å². The summed E-state index contributed by atoms with van der Waals surface area (Å²) in [6.45, 7) is 6.57. The molecule has 0 unspecified atom stereocenters. The second-order valence-electron chi connectivity index (χ2n) is 6.66. The fraction of sp³-hybridized carbons (Fsp3) is 0.562. The normalized spacial score (nSPS) is 16.0. The minimum Gasteiger partial charge on any atom is -0.444 e. The number of nitrogens with zero attached hydrogens (tertiary/aromatic N) is 1. The maximum atomic E-state index is 12.1. The number of pyridine rings is 1. The Morgan fingerprint density at radius 2 is 1.96 bits per heavy atom. The number of aromatic amines is 1. The van der Waals surface area contributed by atoms with Crippen LogP contribution in [0.4, 0.5) is 4.79 Å². The maximum Gasteiger partial charge on any atom is 0.410 e. The molecule has 0 bridgehead atoms. The molecule has 2 heterocycles. The van der Waals surface area contributed by atoms with Gasteiger partial charge in [0.15, 0.2) is 0 Å². The largest absolute Gasteiger partial charge is 0.444 e. The predicted molar refractivity (Wildman–Crippen MR) is 85.4 cm³/mol. The molecule has 1 aromatic heterocycles. The number of H-pyrrole nitrogens is 1. The topological polar surface area (TPSA) is 91.5 Å². The molecule has 0 aromatic carbocycles. The molecule has 2 rings (SSSR count). The van der Waals surface area contributed by atoms with Crippen LogP contribution in [0.1, 0.15) is 44.0 Å². The highest BCUT2D eigenvalue weighted by Gasteiger charge is 2.27. The quantitative estimate of drug-likeness (QED) is 0.863. The van der Waals surface area contributed by atoms with Crippen molar-refractivity contribution in [2.24, 2.45) is 0 Å². The number of likely N-dealkylation sites (tertiary alicyclic amines) is 1. The molecular weight excluding hydrogens is 298 g/mol. The van der Waals surface area contributed by atoms with Gasteiger partial charge in [-0.3, -0.25) is 9.59 Å². The molecule has 2 amide bonds. The van der Waals surface area contributed by atoms with Gasteiger partial charge in [-0.05, 0) is 39.7 Å². The molecule has 126 valence electrons. The van der Waals surface area contributed by atoms with E-state index in [2.05, 4.69) is 10.3 Å². The molecule has 1 aromatic rings. The number of carbonyl (C=O) groups is 2. The summed E-state index contributed by atoms with van der Waals surface area (Å²) in [6.07, 6.45) is 2.45. The summed E-state index contributed by atoms with van der Waals surface area (Å²) in [6, 6.07) is 2.82. The van der Waals surface area contributed by atoms with Crippen LogP contribution < -0.4 is 10.9 Å². The van der Waals surface area contributed by atoms with E-state index in [9.17, 15) is 14.4 Å². The molecule has 0 atom stereocenters. The molecule has 1 fully saturated rings. The average Bonchev–Trinajstić information content (AvgIpc) is 2.46. The molecule has 2 N–H and O–H groups in total. The Morgan fingerprint density at radius 3 is 2.52 bits per heavy atom. The lowest BCUT2D eigenvalue weighted by Gasteiger charge is -2.33. The van der Waals surface area contributed by atoms with Crippen LogP contribution in [0.2, 0.25) is 0 Å². The monoisotopic (exact) mass is 321 g/mol. The van der Waals surface area contributed by atoms with Crippen molar-refractivity contribution in [1.82, 2.24) is 15.2 Å². The van der Waals surface area contributed by atoms with Crippen molar-refractivity contribution in [3.63, 3.8) is 0 Å². The van der Waals surface area contributed by atoms with E-state index in [0.29, 0.717) is 31.5 Å². The van der Waals surface area contributed by atoms with Crippen molar-refractivity contribution in [1.29, 1.82) is 0 Å². The first-order valence-corrected chi connectivity index (χ1v) is 7.72. The first-order valence-electron chi connectivity index (χ1n) is 7.72. The predicted octanol–water partition coefficient (Wildman–Crippen LogP) is 1.50. The van der Waals surface area contributed by atoms with Crippen molar-refractivity contribution in [3.8, 4) is 0 Å². The summed E-state index contributed by atoms with van der Waals surface area (Å²) in [4.78, 5) is 39.4. The van der Waals surface area contributed by atoms with Gasteiger partial charge < -0.3 is 19.9 Å². The van der Waals surface area contributed by atoms with Crippen molar-refractivity contribution in [3.05, 3.63) is 34.2 Å². The van der Waals surface area contributed by atoms with Crippen molar-refractivity contribution in [2.75, 3.05) is 13.1 Å². The number of nitrogens with one attached hydrogen (secondary N) is 2. The van der Waals surface area contributed by atoms with Gasteiger partial charge in [0.1, 0.15) is 5.60 Å². The minimum atomic E-state index is -0.511. The van der Waals surface area contributed by atoms with Crippen LogP contribution in [-0.2, 0) is 4.74 Å². The summed E-state index contributed by atoms with van der Waals surface area (Å²) in [5.74, 6) is -0.271. The third kappa shape index (κ3) is 5.12. The zero-order valence-corrected chi connectivity index (χ0v) is 13.7. The number of rotatable bonds is 2. The van der Waals surface area contributed by atoms with E-state index in [-0.39, 0.29) is 23.6 Å². The Balaban J connectivity index is 1.84. The lowest BCUT2D eigenvalue weighted by Crippen LogP contribution is -2.47. The van der Waals surface area contributed by atoms with Gasteiger partial charge >= 0.3 is 6.09 Å². The Labute approximate surface area is 135 Å². The van der Waals surface area contributed by atoms with Crippen LogP contribution in [0.5, 0.6) is 0 Å². The lowest BCUT2D eigenvalue weighted by atomic mass is 10.0. The zero-order valence-electron chi connectivity index (χ0n) is 13.7.